The highest BCUT2D eigenvalue weighted by Gasteiger charge is 2.28. The van der Waals surface area contributed by atoms with Crippen LogP contribution in [0.25, 0.3) is 10.8 Å². The van der Waals surface area contributed by atoms with Gasteiger partial charge in [0.05, 0.1) is 4.47 Å². The van der Waals surface area contributed by atoms with Gasteiger partial charge in [-0.2, -0.15) is 0 Å². The van der Waals surface area contributed by atoms with E-state index in [1.165, 1.54) is 0 Å². The Kier molecular flexibility index (Phi) is 8.14. The highest BCUT2D eigenvalue weighted by atomic mass is 79.9. The number of carbonyl (C=O) groups is 2. The number of hydrogen-bond acceptors (Lipinski definition) is 3. The lowest BCUT2D eigenvalue weighted by Gasteiger charge is -2.31. The Morgan fingerprint density at radius 3 is 2.36 bits per heavy atom. The van der Waals surface area contributed by atoms with E-state index in [0.29, 0.717) is 18.7 Å². The molecule has 3 aromatic carbocycles. The van der Waals surface area contributed by atoms with Crippen LogP contribution >= 0.6 is 15.9 Å². The summed E-state index contributed by atoms with van der Waals surface area (Å²) in [5.74, 6) is 0.176. The molecule has 174 valence electrons. The molecule has 0 spiro atoms. The molecule has 3 rings (SSSR count). The second-order valence-corrected chi connectivity index (χ2v) is 9.92. The van der Waals surface area contributed by atoms with Crippen molar-refractivity contribution in [3.8, 4) is 5.75 Å². The van der Waals surface area contributed by atoms with Gasteiger partial charge in [-0.25, -0.2) is 0 Å². The number of nitrogens with zero attached hydrogens (tertiary/aromatic N) is 1. The number of amides is 2. The lowest BCUT2D eigenvalue weighted by Crippen LogP contribution is -2.53. The van der Waals surface area contributed by atoms with Crippen LogP contribution in [0.2, 0.25) is 0 Å². The fourth-order valence-electron chi connectivity index (χ4n) is 3.59. The maximum atomic E-state index is 13.2. The zero-order valence-corrected chi connectivity index (χ0v) is 21.2. The zero-order chi connectivity index (χ0) is 24.0. The van der Waals surface area contributed by atoms with E-state index in [-0.39, 0.29) is 24.0 Å². The third kappa shape index (κ3) is 6.81. The molecule has 0 aromatic heterocycles. The van der Waals surface area contributed by atoms with E-state index < -0.39 is 6.04 Å². The summed E-state index contributed by atoms with van der Waals surface area (Å²) in [6, 6.07) is 21.1. The van der Waals surface area contributed by atoms with Crippen LogP contribution in [0.1, 0.15) is 33.3 Å². The van der Waals surface area contributed by atoms with Gasteiger partial charge in [-0.1, -0.05) is 60.7 Å². The van der Waals surface area contributed by atoms with Crippen LogP contribution in [-0.4, -0.2) is 41.4 Å². The number of benzene rings is 3. The maximum Gasteiger partial charge on any atom is 0.261 e. The first-order chi connectivity index (χ1) is 15.7. The van der Waals surface area contributed by atoms with E-state index in [0.717, 1.165) is 20.8 Å². The average molecular weight is 511 g/mol. The third-order valence-corrected chi connectivity index (χ3v) is 6.15. The molecule has 3 aromatic rings. The summed E-state index contributed by atoms with van der Waals surface area (Å²) in [7, 11) is 0. The molecule has 6 heteroatoms. The van der Waals surface area contributed by atoms with Gasteiger partial charge in [0.1, 0.15) is 11.8 Å². The van der Waals surface area contributed by atoms with Gasteiger partial charge in [-0.05, 0) is 72.4 Å². The van der Waals surface area contributed by atoms with E-state index in [9.17, 15) is 9.59 Å². The SMILES string of the molecule is CC(C(=O)NC(C)(C)C)N(CCc1ccccc1)C(=O)COc1ccc2ccccc2c1Br. The molecule has 0 radical (unpaired) electrons. The zero-order valence-electron chi connectivity index (χ0n) is 19.6. The molecule has 1 unspecified atom stereocenters. The Morgan fingerprint density at radius 1 is 1.00 bits per heavy atom. The van der Waals surface area contributed by atoms with E-state index >= 15 is 0 Å². The topological polar surface area (TPSA) is 58.6 Å². The average Bonchev–Trinajstić information content (AvgIpc) is 2.78. The molecule has 0 aliphatic rings. The van der Waals surface area contributed by atoms with Crippen molar-refractivity contribution in [2.24, 2.45) is 0 Å². The standard InChI is InChI=1S/C27H31BrN2O3/c1-19(26(32)29-27(2,3)4)30(17-16-20-10-6-5-7-11-20)24(31)18-33-23-15-14-21-12-8-9-13-22(21)25(23)28/h5-15,19H,16-18H2,1-4H3,(H,29,32). The van der Waals surface area contributed by atoms with Crippen LogP contribution in [0.4, 0.5) is 0 Å². The molecule has 0 fully saturated rings. The van der Waals surface area contributed by atoms with Crippen molar-refractivity contribution < 1.29 is 14.3 Å². The Balaban J connectivity index is 1.75. The first kappa shape index (κ1) is 24.8. The quantitative estimate of drug-likeness (QED) is 0.443. The van der Waals surface area contributed by atoms with E-state index in [2.05, 4.69) is 21.2 Å². The van der Waals surface area contributed by atoms with Crippen molar-refractivity contribution in [2.45, 2.75) is 45.7 Å². The number of hydrogen-bond donors (Lipinski definition) is 1. The monoisotopic (exact) mass is 510 g/mol. The fourth-order valence-corrected chi connectivity index (χ4v) is 4.20. The molecule has 1 atom stereocenters. The van der Waals surface area contributed by atoms with Gasteiger partial charge >= 0.3 is 0 Å². The molecular weight excluding hydrogens is 480 g/mol. The molecule has 0 aliphatic carbocycles. The summed E-state index contributed by atoms with van der Waals surface area (Å²) < 4.78 is 6.71. The molecular formula is C27H31BrN2O3. The smallest absolute Gasteiger partial charge is 0.261 e. The van der Waals surface area contributed by atoms with Crippen molar-refractivity contribution >= 4 is 38.5 Å². The molecule has 0 heterocycles. The summed E-state index contributed by atoms with van der Waals surface area (Å²) in [6.07, 6.45) is 0.652. The molecule has 1 N–H and O–H groups in total. The van der Waals surface area contributed by atoms with Crippen molar-refractivity contribution in [1.29, 1.82) is 0 Å². The Bertz CT molecular complexity index is 1110. The summed E-state index contributed by atoms with van der Waals surface area (Å²) >= 11 is 3.60. The van der Waals surface area contributed by atoms with Crippen molar-refractivity contribution in [3.05, 3.63) is 76.8 Å². The maximum absolute atomic E-state index is 13.2. The minimum atomic E-state index is -0.621. The second kappa shape index (κ2) is 10.8. The Morgan fingerprint density at radius 2 is 1.67 bits per heavy atom. The highest BCUT2D eigenvalue weighted by Crippen LogP contribution is 2.33. The van der Waals surface area contributed by atoms with Gasteiger partial charge in [-0.3, -0.25) is 9.59 Å². The van der Waals surface area contributed by atoms with E-state index in [4.69, 9.17) is 4.74 Å². The molecule has 0 aliphatic heterocycles. The first-order valence-corrected chi connectivity index (χ1v) is 11.9. The van der Waals surface area contributed by atoms with Gasteiger partial charge in [0.15, 0.2) is 6.61 Å². The number of fused-ring (bicyclic) bond motifs is 1. The first-order valence-electron chi connectivity index (χ1n) is 11.1. The lowest BCUT2D eigenvalue weighted by atomic mass is 10.1. The van der Waals surface area contributed by atoms with Crippen LogP contribution in [-0.2, 0) is 16.0 Å². The minimum absolute atomic E-state index is 0.154. The molecule has 0 saturated heterocycles. The summed E-state index contributed by atoms with van der Waals surface area (Å²) in [5, 5.41) is 5.07. The summed E-state index contributed by atoms with van der Waals surface area (Å²) in [4.78, 5) is 27.7. The normalized spacial score (nSPS) is 12.3. The number of nitrogens with one attached hydrogen (secondary N) is 1. The van der Waals surface area contributed by atoms with Crippen LogP contribution in [0, 0.1) is 0 Å². The number of ether oxygens (including phenoxy) is 1. The van der Waals surface area contributed by atoms with Crippen molar-refractivity contribution in [3.63, 3.8) is 0 Å². The summed E-state index contributed by atoms with van der Waals surface area (Å²) in [6.45, 7) is 7.80. The number of carbonyl (C=O) groups excluding carboxylic acids is 2. The lowest BCUT2D eigenvalue weighted by molar-refractivity contribution is -0.142. The van der Waals surface area contributed by atoms with Crippen LogP contribution in [0.15, 0.2) is 71.2 Å². The fraction of sp³-hybridized carbons (Fsp3) is 0.333. The van der Waals surface area contributed by atoms with Crippen LogP contribution < -0.4 is 10.1 Å². The minimum Gasteiger partial charge on any atom is -0.483 e. The second-order valence-electron chi connectivity index (χ2n) is 9.13. The largest absolute Gasteiger partial charge is 0.483 e. The highest BCUT2D eigenvalue weighted by molar-refractivity contribution is 9.10. The Labute approximate surface area is 204 Å². The van der Waals surface area contributed by atoms with Gasteiger partial charge < -0.3 is 15.0 Å². The predicted octanol–water partition coefficient (Wildman–Crippen LogP) is 5.36. The van der Waals surface area contributed by atoms with Gasteiger partial charge in [0.2, 0.25) is 5.91 Å². The number of rotatable bonds is 8. The van der Waals surface area contributed by atoms with Crippen LogP contribution in [0.5, 0.6) is 5.75 Å². The van der Waals surface area contributed by atoms with Gasteiger partial charge in [0.25, 0.3) is 5.91 Å². The van der Waals surface area contributed by atoms with Gasteiger partial charge in [0, 0.05) is 12.1 Å². The van der Waals surface area contributed by atoms with Gasteiger partial charge in [-0.15, -0.1) is 0 Å². The molecule has 2 amide bonds. The Hall–Kier alpha value is -2.86. The van der Waals surface area contributed by atoms with Crippen molar-refractivity contribution in [2.75, 3.05) is 13.2 Å². The van der Waals surface area contributed by atoms with E-state index in [1.54, 1.807) is 11.8 Å². The van der Waals surface area contributed by atoms with Crippen molar-refractivity contribution in [1.82, 2.24) is 10.2 Å². The van der Waals surface area contributed by atoms with Crippen LogP contribution in [0.3, 0.4) is 0 Å². The number of halogens is 1. The molecule has 0 saturated carbocycles. The summed E-state index contributed by atoms with van der Waals surface area (Å²) in [5.41, 5.74) is 0.725. The molecule has 0 bridgehead atoms. The molecule has 33 heavy (non-hydrogen) atoms. The predicted molar refractivity (Wildman–Crippen MR) is 136 cm³/mol. The molecule has 5 nitrogen and oxygen atoms in total. The third-order valence-electron chi connectivity index (χ3n) is 5.33. The van der Waals surface area contributed by atoms with E-state index in [1.807, 2.05) is 87.5 Å².